The van der Waals surface area contributed by atoms with Crippen LogP contribution in [-0.2, 0) is 9.59 Å². The first-order valence-corrected chi connectivity index (χ1v) is 12.2. The summed E-state index contributed by atoms with van der Waals surface area (Å²) in [4.78, 5) is 31.8. The second-order valence-corrected chi connectivity index (χ2v) is 9.28. The van der Waals surface area contributed by atoms with Gasteiger partial charge in [-0.25, -0.2) is 0 Å². The zero-order valence-corrected chi connectivity index (χ0v) is 18.5. The number of carbonyl (C=O) groups excluding carboxylic acids is 2. The van der Waals surface area contributed by atoms with Crippen LogP contribution in [0, 0.1) is 5.92 Å². The third-order valence-corrected chi connectivity index (χ3v) is 7.24. The van der Waals surface area contributed by atoms with Crippen molar-refractivity contribution >= 4 is 11.8 Å². The smallest absolute Gasteiger partial charge is 0.236 e. The molecule has 0 saturated carbocycles. The Kier molecular flexibility index (Phi) is 9.25. The molecule has 1 unspecified atom stereocenters. The fourth-order valence-electron chi connectivity index (χ4n) is 5.25. The molecule has 3 aliphatic heterocycles. The van der Waals surface area contributed by atoms with Gasteiger partial charge in [-0.2, -0.15) is 0 Å². The topological polar surface area (TPSA) is 55.9 Å². The maximum atomic E-state index is 12.6. The van der Waals surface area contributed by atoms with Crippen LogP contribution in [-0.4, -0.2) is 84.9 Å². The van der Waals surface area contributed by atoms with Crippen molar-refractivity contribution in [1.29, 1.82) is 0 Å². The van der Waals surface area contributed by atoms with Gasteiger partial charge in [-0.15, -0.1) is 0 Å². The van der Waals surface area contributed by atoms with Crippen LogP contribution in [0.5, 0.6) is 0 Å². The molecule has 1 N–H and O–H groups in total. The van der Waals surface area contributed by atoms with Gasteiger partial charge < -0.3 is 10.2 Å². The van der Waals surface area contributed by atoms with Gasteiger partial charge in [-0.3, -0.25) is 19.4 Å². The molecule has 6 heteroatoms. The second-order valence-electron chi connectivity index (χ2n) is 9.28. The highest BCUT2D eigenvalue weighted by atomic mass is 16.2. The largest absolute Gasteiger partial charge is 0.355 e. The van der Waals surface area contributed by atoms with E-state index >= 15 is 0 Å². The Bertz CT molecular complexity index is 511. The minimum atomic E-state index is 0.202. The Balaban J connectivity index is 1.28. The number of piperidine rings is 1. The third kappa shape index (κ3) is 7.25. The van der Waals surface area contributed by atoms with Crippen molar-refractivity contribution in [2.24, 2.45) is 5.92 Å². The van der Waals surface area contributed by atoms with E-state index in [0.29, 0.717) is 30.8 Å². The highest BCUT2D eigenvalue weighted by Gasteiger charge is 2.26. The molecule has 3 heterocycles. The summed E-state index contributed by atoms with van der Waals surface area (Å²) in [5, 5.41) is 3.16. The molecule has 0 aromatic heterocycles. The number of amides is 2. The number of rotatable bonds is 8. The second kappa shape index (κ2) is 11.9. The molecular formula is C23H42N4O2. The van der Waals surface area contributed by atoms with E-state index in [9.17, 15) is 9.59 Å². The molecule has 3 rings (SSSR count). The summed E-state index contributed by atoms with van der Waals surface area (Å²) >= 11 is 0. The summed E-state index contributed by atoms with van der Waals surface area (Å²) in [5.41, 5.74) is 0. The van der Waals surface area contributed by atoms with Gasteiger partial charge in [0.15, 0.2) is 0 Å². The SMILES string of the molecule is CCN1CCCC1CNC(=O)CCC1CCN(C(=O)CN2CCCCCC2)CC1. The van der Waals surface area contributed by atoms with Gasteiger partial charge in [0, 0.05) is 32.1 Å². The summed E-state index contributed by atoms with van der Waals surface area (Å²) in [7, 11) is 0. The Morgan fingerprint density at radius 2 is 1.62 bits per heavy atom. The number of likely N-dealkylation sites (N-methyl/N-ethyl adjacent to an activating group) is 1. The van der Waals surface area contributed by atoms with Gasteiger partial charge in [0.25, 0.3) is 0 Å². The summed E-state index contributed by atoms with van der Waals surface area (Å²) in [6.45, 7) is 9.74. The zero-order valence-electron chi connectivity index (χ0n) is 18.5. The molecule has 1 atom stereocenters. The van der Waals surface area contributed by atoms with Gasteiger partial charge in [-0.05, 0) is 77.0 Å². The average molecular weight is 407 g/mol. The van der Waals surface area contributed by atoms with Crippen LogP contribution in [0.25, 0.3) is 0 Å². The third-order valence-electron chi connectivity index (χ3n) is 7.24. The molecule has 3 saturated heterocycles. The van der Waals surface area contributed by atoms with Crippen LogP contribution in [0.3, 0.4) is 0 Å². The van der Waals surface area contributed by atoms with E-state index in [1.54, 1.807) is 0 Å². The lowest BCUT2D eigenvalue weighted by atomic mass is 9.92. The molecular weight excluding hydrogens is 364 g/mol. The Hall–Kier alpha value is -1.14. The lowest BCUT2D eigenvalue weighted by molar-refractivity contribution is -0.134. The van der Waals surface area contributed by atoms with E-state index in [4.69, 9.17) is 0 Å². The number of hydrogen-bond donors (Lipinski definition) is 1. The number of hydrogen-bond acceptors (Lipinski definition) is 4. The highest BCUT2D eigenvalue weighted by Crippen LogP contribution is 2.22. The Labute approximate surface area is 177 Å². The number of nitrogens with one attached hydrogen (secondary N) is 1. The van der Waals surface area contributed by atoms with Gasteiger partial charge in [0.05, 0.1) is 6.54 Å². The first-order valence-electron chi connectivity index (χ1n) is 12.2. The van der Waals surface area contributed by atoms with Gasteiger partial charge in [-0.1, -0.05) is 19.8 Å². The quantitative estimate of drug-likeness (QED) is 0.673. The number of nitrogens with zero attached hydrogens (tertiary/aromatic N) is 3. The molecule has 0 aliphatic carbocycles. The highest BCUT2D eigenvalue weighted by molar-refractivity contribution is 5.78. The van der Waals surface area contributed by atoms with Gasteiger partial charge in [0.1, 0.15) is 0 Å². The average Bonchev–Trinajstić information content (AvgIpc) is 3.05. The van der Waals surface area contributed by atoms with Crippen molar-refractivity contribution in [3.8, 4) is 0 Å². The summed E-state index contributed by atoms with van der Waals surface area (Å²) < 4.78 is 0. The molecule has 6 nitrogen and oxygen atoms in total. The van der Waals surface area contributed by atoms with E-state index in [1.165, 1.54) is 45.1 Å². The first-order chi connectivity index (χ1) is 14.2. The van der Waals surface area contributed by atoms with Crippen LogP contribution in [0.4, 0.5) is 0 Å². The fourth-order valence-corrected chi connectivity index (χ4v) is 5.25. The van der Waals surface area contributed by atoms with Crippen LogP contribution in [0.2, 0.25) is 0 Å². The molecule has 0 radical (unpaired) electrons. The number of likely N-dealkylation sites (tertiary alicyclic amines) is 3. The molecule has 3 aliphatic rings. The lowest BCUT2D eigenvalue weighted by Crippen LogP contribution is -2.44. The van der Waals surface area contributed by atoms with Crippen molar-refractivity contribution in [1.82, 2.24) is 20.0 Å². The summed E-state index contributed by atoms with van der Waals surface area (Å²) in [6.07, 6.45) is 11.2. The lowest BCUT2D eigenvalue weighted by Gasteiger charge is -2.33. The normalized spacial score (nSPS) is 25.1. The Morgan fingerprint density at radius 1 is 0.897 bits per heavy atom. The van der Waals surface area contributed by atoms with Crippen molar-refractivity contribution in [3.63, 3.8) is 0 Å². The van der Waals surface area contributed by atoms with Crippen molar-refractivity contribution < 1.29 is 9.59 Å². The molecule has 2 amide bonds. The minimum Gasteiger partial charge on any atom is -0.355 e. The number of carbonyl (C=O) groups is 2. The molecule has 166 valence electrons. The summed E-state index contributed by atoms with van der Waals surface area (Å²) in [6, 6.07) is 0.530. The predicted octanol–water partition coefficient (Wildman–Crippen LogP) is 2.48. The van der Waals surface area contributed by atoms with E-state index in [0.717, 1.165) is 58.5 Å². The van der Waals surface area contributed by atoms with E-state index < -0.39 is 0 Å². The van der Waals surface area contributed by atoms with Crippen LogP contribution in [0.15, 0.2) is 0 Å². The molecule has 3 fully saturated rings. The maximum Gasteiger partial charge on any atom is 0.236 e. The molecule has 0 aromatic carbocycles. The van der Waals surface area contributed by atoms with Crippen molar-refractivity contribution in [2.75, 3.05) is 52.4 Å². The van der Waals surface area contributed by atoms with Crippen molar-refractivity contribution in [3.05, 3.63) is 0 Å². The molecule has 0 aromatic rings. The fraction of sp³-hybridized carbons (Fsp3) is 0.913. The zero-order chi connectivity index (χ0) is 20.5. The van der Waals surface area contributed by atoms with Crippen molar-refractivity contribution in [2.45, 2.75) is 77.2 Å². The maximum absolute atomic E-state index is 12.6. The van der Waals surface area contributed by atoms with Crippen LogP contribution in [0.1, 0.15) is 71.1 Å². The predicted molar refractivity (Wildman–Crippen MR) is 117 cm³/mol. The van der Waals surface area contributed by atoms with Gasteiger partial charge in [0.2, 0.25) is 11.8 Å². The summed E-state index contributed by atoms with van der Waals surface area (Å²) in [5.74, 6) is 1.09. The molecule has 0 spiro atoms. The van der Waals surface area contributed by atoms with E-state index in [2.05, 4.69) is 26.9 Å². The molecule has 29 heavy (non-hydrogen) atoms. The first kappa shape index (κ1) is 22.5. The minimum absolute atomic E-state index is 0.202. The van der Waals surface area contributed by atoms with E-state index in [-0.39, 0.29) is 5.91 Å². The van der Waals surface area contributed by atoms with E-state index in [1.807, 2.05) is 0 Å². The standard InChI is InChI=1S/C23H42N4O2/c1-2-26-15-7-8-21(26)18-24-22(28)10-9-20-11-16-27(17-12-20)23(29)19-25-13-5-3-4-6-14-25/h20-21H,2-19H2,1H3,(H,24,28). The monoisotopic (exact) mass is 406 g/mol. The van der Waals surface area contributed by atoms with Gasteiger partial charge >= 0.3 is 0 Å². The van der Waals surface area contributed by atoms with Crippen LogP contribution < -0.4 is 5.32 Å². The Morgan fingerprint density at radius 3 is 2.31 bits per heavy atom. The molecule has 0 bridgehead atoms. The van der Waals surface area contributed by atoms with Crippen LogP contribution >= 0.6 is 0 Å².